The van der Waals surface area contributed by atoms with Gasteiger partial charge in [0.25, 0.3) is 0 Å². The van der Waals surface area contributed by atoms with E-state index >= 15 is 0 Å². The average Bonchev–Trinajstić information content (AvgIpc) is 3.08. The number of benzene rings is 1. The molecule has 92 valence electrons. The third-order valence-electron chi connectivity index (χ3n) is 2.72. The number of halogens is 1. The van der Waals surface area contributed by atoms with Crippen molar-refractivity contribution in [3.63, 3.8) is 0 Å². The Hall–Kier alpha value is -1.13. The summed E-state index contributed by atoms with van der Waals surface area (Å²) in [5.74, 6) is 0.839. The van der Waals surface area contributed by atoms with Crippen LogP contribution in [0.3, 0.4) is 0 Å². The molecule has 1 saturated carbocycles. The third-order valence-corrected chi connectivity index (χ3v) is 4.34. The van der Waals surface area contributed by atoms with Crippen LogP contribution in [0.2, 0.25) is 0 Å². The Balaban J connectivity index is 1.84. The molecule has 0 bridgehead atoms. The van der Waals surface area contributed by atoms with Crippen molar-refractivity contribution in [3.8, 4) is 5.75 Å². The van der Waals surface area contributed by atoms with E-state index in [1.165, 1.54) is 11.3 Å². The van der Waals surface area contributed by atoms with Gasteiger partial charge < -0.3 is 4.74 Å². The van der Waals surface area contributed by atoms with Gasteiger partial charge in [0.15, 0.2) is 0 Å². The van der Waals surface area contributed by atoms with Crippen molar-refractivity contribution in [1.82, 2.24) is 0 Å². The van der Waals surface area contributed by atoms with Crippen molar-refractivity contribution < 1.29 is 9.53 Å². The summed E-state index contributed by atoms with van der Waals surface area (Å²) >= 11 is 4.82. The van der Waals surface area contributed by atoms with E-state index in [4.69, 9.17) is 4.74 Å². The van der Waals surface area contributed by atoms with Crippen LogP contribution in [-0.2, 0) is 0 Å². The van der Waals surface area contributed by atoms with Gasteiger partial charge in [-0.1, -0.05) is 12.1 Å². The molecule has 18 heavy (non-hydrogen) atoms. The van der Waals surface area contributed by atoms with E-state index in [2.05, 4.69) is 15.9 Å². The van der Waals surface area contributed by atoms with Crippen molar-refractivity contribution in [2.45, 2.75) is 18.9 Å². The molecule has 0 saturated heterocycles. The SMILES string of the molecule is O=C(c1cccc(OC2CC2)c1)c1ccc(Br)s1. The molecule has 0 spiro atoms. The maximum atomic E-state index is 12.2. The molecular weight excluding hydrogens is 312 g/mol. The number of ether oxygens (including phenoxy) is 1. The average molecular weight is 323 g/mol. The molecule has 0 atom stereocenters. The Bertz CT molecular complexity index is 587. The Morgan fingerprint density at radius 1 is 1.28 bits per heavy atom. The van der Waals surface area contributed by atoms with Crippen LogP contribution < -0.4 is 4.74 Å². The zero-order valence-electron chi connectivity index (χ0n) is 9.56. The molecule has 0 radical (unpaired) electrons. The van der Waals surface area contributed by atoms with Gasteiger partial charge in [0.1, 0.15) is 5.75 Å². The van der Waals surface area contributed by atoms with E-state index in [1.54, 1.807) is 0 Å². The van der Waals surface area contributed by atoms with Gasteiger partial charge in [-0.25, -0.2) is 0 Å². The fourth-order valence-electron chi connectivity index (χ4n) is 1.67. The molecule has 1 aromatic heterocycles. The second-order valence-electron chi connectivity index (χ2n) is 4.28. The van der Waals surface area contributed by atoms with E-state index in [-0.39, 0.29) is 5.78 Å². The molecule has 4 heteroatoms. The monoisotopic (exact) mass is 322 g/mol. The molecule has 1 aromatic carbocycles. The van der Waals surface area contributed by atoms with Crippen LogP contribution in [0.5, 0.6) is 5.75 Å². The molecule has 1 heterocycles. The lowest BCUT2D eigenvalue weighted by molar-refractivity contribution is 0.104. The number of carbonyl (C=O) groups is 1. The standard InChI is InChI=1S/C14H11BrO2S/c15-13-7-6-12(18-13)14(16)9-2-1-3-11(8-9)17-10-4-5-10/h1-3,6-8,10H,4-5H2. The fourth-order valence-corrected chi connectivity index (χ4v) is 3.02. The summed E-state index contributed by atoms with van der Waals surface area (Å²) < 4.78 is 6.67. The van der Waals surface area contributed by atoms with E-state index in [1.807, 2.05) is 36.4 Å². The molecule has 0 unspecified atom stereocenters. The Morgan fingerprint density at radius 3 is 2.78 bits per heavy atom. The number of hydrogen-bond acceptors (Lipinski definition) is 3. The Morgan fingerprint density at radius 2 is 2.11 bits per heavy atom. The maximum absolute atomic E-state index is 12.2. The zero-order valence-corrected chi connectivity index (χ0v) is 12.0. The van der Waals surface area contributed by atoms with Crippen LogP contribution in [-0.4, -0.2) is 11.9 Å². The molecule has 1 fully saturated rings. The number of ketones is 1. The highest BCUT2D eigenvalue weighted by Crippen LogP contribution is 2.29. The quantitative estimate of drug-likeness (QED) is 0.785. The molecule has 0 amide bonds. The summed E-state index contributed by atoms with van der Waals surface area (Å²) in [5.41, 5.74) is 0.683. The lowest BCUT2D eigenvalue weighted by Gasteiger charge is -2.05. The van der Waals surface area contributed by atoms with Gasteiger partial charge in [0, 0.05) is 5.56 Å². The number of rotatable bonds is 4. The summed E-state index contributed by atoms with van der Waals surface area (Å²) in [7, 11) is 0. The third kappa shape index (κ3) is 2.65. The van der Waals surface area contributed by atoms with Gasteiger partial charge in [0.2, 0.25) is 5.78 Å². The highest BCUT2D eigenvalue weighted by molar-refractivity contribution is 9.11. The second-order valence-corrected chi connectivity index (χ2v) is 6.74. The molecule has 2 nitrogen and oxygen atoms in total. The molecule has 0 aliphatic heterocycles. The first-order chi connectivity index (χ1) is 8.72. The summed E-state index contributed by atoms with van der Waals surface area (Å²) in [4.78, 5) is 13.0. The van der Waals surface area contributed by atoms with E-state index in [9.17, 15) is 4.79 Å². The van der Waals surface area contributed by atoms with Crippen molar-refractivity contribution in [1.29, 1.82) is 0 Å². The Labute approximate surface area is 118 Å². The van der Waals surface area contributed by atoms with Crippen LogP contribution in [0.25, 0.3) is 0 Å². The lowest BCUT2D eigenvalue weighted by Crippen LogP contribution is -2.01. The van der Waals surface area contributed by atoms with Gasteiger partial charge in [-0.15, -0.1) is 11.3 Å². The summed E-state index contributed by atoms with van der Waals surface area (Å²) in [6.45, 7) is 0. The van der Waals surface area contributed by atoms with Gasteiger partial charge in [-0.2, -0.15) is 0 Å². The first kappa shape index (κ1) is 11.9. The van der Waals surface area contributed by atoms with Crippen molar-refractivity contribution in [2.75, 3.05) is 0 Å². The largest absolute Gasteiger partial charge is 0.490 e. The minimum atomic E-state index is 0.0481. The summed E-state index contributed by atoms with van der Waals surface area (Å²) in [5, 5.41) is 0. The molecule has 1 aliphatic rings. The second kappa shape index (κ2) is 4.86. The van der Waals surface area contributed by atoms with Crippen LogP contribution in [0.4, 0.5) is 0 Å². The van der Waals surface area contributed by atoms with Crippen LogP contribution >= 0.6 is 27.3 Å². The number of hydrogen-bond donors (Lipinski definition) is 0. The minimum absolute atomic E-state index is 0.0481. The normalized spacial score (nSPS) is 14.5. The molecule has 1 aliphatic carbocycles. The van der Waals surface area contributed by atoms with E-state index in [0.717, 1.165) is 27.3 Å². The summed E-state index contributed by atoms with van der Waals surface area (Å²) in [6, 6.07) is 11.2. The molecule has 2 aromatic rings. The van der Waals surface area contributed by atoms with Crippen LogP contribution in [0, 0.1) is 0 Å². The number of carbonyl (C=O) groups excluding carboxylic acids is 1. The van der Waals surface area contributed by atoms with Crippen LogP contribution in [0.1, 0.15) is 28.1 Å². The lowest BCUT2D eigenvalue weighted by atomic mass is 10.1. The van der Waals surface area contributed by atoms with E-state index < -0.39 is 0 Å². The fraction of sp³-hybridized carbons (Fsp3) is 0.214. The first-order valence-corrected chi connectivity index (χ1v) is 7.40. The van der Waals surface area contributed by atoms with Crippen molar-refractivity contribution >= 4 is 33.0 Å². The topological polar surface area (TPSA) is 26.3 Å². The summed E-state index contributed by atoms with van der Waals surface area (Å²) in [6.07, 6.45) is 2.60. The van der Waals surface area contributed by atoms with Crippen molar-refractivity contribution in [2.24, 2.45) is 0 Å². The minimum Gasteiger partial charge on any atom is -0.490 e. The predicted molar refractivity (Wildman–Crippen MR) is 75.5 cm³/mol. The molecule has 0 N–H and O–H groups in total. The van der Waals surface area contributed by atoms with Gasteiger partial charge in [-0.3, -0.25) is 4.79 Å². The van der Waals surface area contributed by atoms with Crippen LogP contribution in [0.15, 0.2) is 40.2 Å². The van der Waals surface area contributed by atoms with Gasteiger partial charge >= 0.3 is 0 Å². The van der Waals surface area contributed by atoms with E-state index in [0.29, 0.717) is 11.7 Å². The maximum Gasteiger partial charge on any atom is 0.203 e. The molecular formula is C14H11BrO2S. The predicted octanol–water partition coefficient (Wildman–Crippen LogP) is 4.28. The van der Waals surface area contributed by atoms with Gasteiger partial charge in [0.05, 0.1) is 14.8 Å². The zero-order chi connectivity index (χ0) is 12.5. The smallest absolute Gasteiger partial charge is 0.203 e. The highest BCUT2D eigenvalue weighted by atomic mass is 79.9. The van der Waals surface area contributed by atoms with Gasteiger partial charge in [-0.05, 0) is 53.0 Å². The first-order valence-electron chi connectivity index (χ1n) is 5.79. The van der Waals surface area contributed by atoms with Crippen molar-refractivity contribution in [3.05, 3.63) is 50.6 Å². The highest BCUT2D eigenvalue weighted by Gasteiger charge is 2.23. The Kier molecular flexibility index (Phi) is 3.22. The molecule has 3 rings (SSSR count). The number of thiophene rings is 1.